The number of aryl methyl sites for hydroxylation is 1. The second-order valence-corrected chi connectivity index (χ2v) is 7.95. The number of thiophene rings is 1. The Morgan fingerprint density at radius 2 is 2.12 bits per heavy atom. The van der Waals surface area contributed by atoms with Crippen molar-refractivity contribution in [1.82, 2.24) is 19.6 Å². The molecule has 2 aromatic heterocycles. The molecule has 0 aliphatic carbocycles. The van der Waals surface area contributed by atoms with E-state index in [1.807, 2.05) is 29.9 Å². The number of nitrogens with zero attached hydrogens (tertiary/aromatic N) is 4. The zero-order chi connectivity index (χ0) is 16.7. The molecule has 0 saturated carbocycles. The Bertz CT molecular complexity index is 715. The molecule has 5 nitrogen and oxygen atoms in total. The molecule has 0 aromatic carbocycles. The van der Waals surface area contributed by atoms with Crippen LogP contribution in [-0.2, 0) is 18.4 Å². The number of aromatic nitrogens is 2. The topological polar surface area (TPSA) is 41.4 Å². The van der Waals surface area contributed by atoms with Crippen molar-refractivity contribution in [1.29, 1.82) is 0 Å². The molecular weight excluding hydrogens is 320 g/mol. The number of piperidine rings is 1. The number of likely N-dealkylation sites (tertiary alicyclic amines) is 2. The number of carbonyl (C=O) groups excluding carboxylic acids is 1. The van der Waals surface area contributed by atoms with Crippen LogP contribution in [0.15, 0.2) is 29.2 Å². The van der Waals surface area contributed by atoms with Gasteiger partial charge in [0.1, 0.15) is 0 Å². The van der Waals surface area contributed by atoms with Crippen molar-refractivity contribution in [3.05, 3.63) is 40.3 Å². The van der Waals surface area contributed by atoms with Gasteiger partial charge in [-0.2, -0.15) is 16.4 Å². The SMILES string of the molecule is CN1C(=O)C[C@H](c2cnn(C)c2)C12CCN(Cc1ccsc1)CC2. The Balaban J connectivity index is 1.53. The van der Waals surface area contributed by atoms with Crippen molar-refractivity contribution in [2.24, 2.45) is 7.05 Å². The first-order valence-corrected chi connectivity index (χ1v) is 9.51. The van der Waals surface area contributed by atoms with Crippen LogP contribution in [0.3, 0.4) is 0 Å². The lowest BCUT2D eigenvalue weighted by molar-refractivity contribution is -0.130. The number of hydrogen-bond acceptors (Lipinski definition) is 4. The average Bonchev–Trinajstić information content (AvgIpc) is 3.28. The quantitative estimate of drug-likeness (QED) is 0.859. The predicted molar refractivity (Wildman–Crippen MR) is 94.9 cm³/mol. The number of likely N-dealkylation sites (N-methyl/N-ethyl adjacent to an activating group) is 1. The Labute approximate surface area is 146 Å². The molecule has 2 fully saturated rings. The van der Waals surface area contributed by atoms with Gasteiger partial charge in [0.05, 0.1) is 11.7 Å². The van der Waals surface area contributed by atoms with Crippen molar-refractivity contribution in [2.45, 2.75) is 37.3 Å². The molecule has 1 spiro atoms. The molecule has 2 saturated heterocycles. The highest BCUT2D eigenvalue weighted by Crippen LogP contribution is 2.48. The van der Waals surface area contributed by atoms with E-state index in [1.54, 1.807) is 11.3 Å². The summed E-state index contributed by atoms with van der Waals surface area (Å²) >= 11 is 1.76. The molecule has 24 heavy (non-hydrogen) atoms. The Hall–Kier alpha value is -1.66. The summed E-state index contributed by atoms with van der Waals surface area (Å²) in [6, 6.07) is 2.21. The van der Waals surface area contributed by atoms with Gasteiger partial charge in [0.25, 0.3) is 0 Å². The van der Waals surface area contributed by atoms with E-state index in [0.29, 0.717) is 6.42 Å². The molecule has 4 heterocycles. The molecule has 2 aliphatic heterocycles. The van der Waals surface area contributed by atoms with Gasteiger partial charge in [0, 0.05) is 52.3 Å². The molecule has 0 bridgehead atoms. The molecule has 4 rings (SSSR count). The first kappa shape index (κ1) is 15.8. The minimum atomic E-state index is -0.0364. The molecule has 0 radical (unpaired) electrons. The van der Waals surface area contributed by atoms with Crippen LogP contribution in [0.5, 0.6) is 0 Å². The highest BCUT2D eigenvalue weighted by Gasteiger charge is 2.52. The van der Waals surface area contributed by atoms with Crippen molar-refractivity contribution in [2.75, 3.05) is 20.1 Å². The van der Waals surface area contributed by atoms with Crippen molar-refractivity contribution in [3.63, 3.8) is 0 Å². The summed E-state index contributed by atoms with van der Waals surface area (Å²) in [6.45, 7) is 3.11. The summed E-state index contributed by atoms with van der Waals surface area (Å²) in [7, 11) is 3.94. The lowest BCUT2D eigenvalue weighted by atomic mass is 9.74. The molecule has 2 aliphatic rings. The fourth-order valence-electron chi connectivity index (χ4n) is 4.45. The molecule has 6 heteroatoms. The molecular formula is C18H24N4OS. The van der Waals surface area contributed by atoms with E-state index >= 15 is 0 Å². The highest BCUT2D eigenvalue weighted by atomic mass is 32.1. The van der Waals surface area contributed by atoms with Gasteiger partial charge in [-0.1, -0.05) is 0 Å². The van der Waals surface area contributed by atoms with Crippen molar-refractivity contribution < 1.29 is 4.79 Å². The maximum atomic E-state index is 12.5. The number of rotatable bonds is 3. The number of hydrogen-bond donors (Lipinski definition) is 0. The molecule has 2 aromatic rings. The summed E-state index contributed by atoms with van der Waals surface area (Å²) in [5, 5.41) is 8.70. The van der Waals surface area contributed by atoms with E-state index in [4.69, 9.17) is 0 Å². The summed E-state index contributed by atoms with van der Waals surface area (Å²) in [4.78, 5) is 17.0. The normalized spacial score (nSPS) is 24.2. The summed E-state index contributed by atoms with van der Waals surface area (Å²) in [5.41, 5.74) is 2.57. The Morgan fingerprint density at radius 3 is 2.75 bits per heavy atom. The van der Waals surface area contributed by atoms with Crippen LogP contribution in [0.2, 0.25) is 0 Å². The molecule has 0 N–H and O–H groups in total. The van der Waals surface area contributed by atoms with E-state index < -0.39 is 0 Å². The van der Waals surface area contributed by atoms with Gasteiger partial charge in [0.15, 0.2) is 0 Å². The van der Waals surface area contributed by atoms with Gasteiger partial charge in [0.2, 0.25) is 5.91 Å². The fraction of sp³-hybridized carbons (Fsp3) is 0.556. The second kappa shape index (κ2) is 6.01. The molecule has 1 amide bonds. The summed E-state index contributed by atoms with van der Waals surface area (Å²) in [6.07, 6.45) is 6.72. The lowest BCUT2D eigenvalue weighted by Crippen LogP contribution is -2.53. The number of amides is 1. The van der Waals surface area contributed by atoms with Crippen LogP contribution < -0.4 is 0 Å². The number of carbonyl (C=O) groups is 1. The van der Waals surface area contributed by atoms with Gasteiger partial charge in [-0.3, -0.25) is 14.4 Å². The smallest absolute Gasteiger partial charge is 0.223 e. The Morgan fingerprint density at radius 1 is 1.33 bits per heavy atom. The van der Waals surface area contributed by atoms with Crippen LogP contribution in [0, 0.1) is 0 Å². The van der Waals surface area contributed by atoms with E-state index in [-0.39, 0.29) is 17.4 Å². The largest absolute Gasteiger partial charge is 0.339 e. The maximum Gasteiger partial charge on any atom is 0.223 e. The fourth-order valence-corrected chi connectivity index (χ4v) is 5.11. The zero-order valence-corrected chi connectivity index (χ0v) is 15.1. The van der Waals surface area contributed by atoms with Gasteiger partial charge < -0.3 is 4.90 Å². The maximum absolute atomic E-state index is 12.5. The third kappa shape index (κ3) is 2.58. The third-order valence-corrected chi connectivity index (χ3v) is 6.64. The van der Waals surface area contributed by atoms with Crippen molar-refractivity contribution >= 4 is 17.2 Å². The van der Waals surface area contributed by atoms with E-state index in [1.165, 1.54) is 11.1 Å². The van der Waals surface area contributed by atoms with Gasteiger partial charge in [-0.15, -0.1) is 0 Å². The van der Waals surface area contributed by atoms with Gasteiger partial charge in [-0.25, -0.2) is 0 Å². The molecule has 0 unspecified atom stereocenters. The minimum absolute atomic E-state index is 0.0364. The van der Waals surface area contributed by atoms with Crippen LogP contribution >= 0.6 is 11.3 Å². The lowest BCUT2D eigenvalue weighted by Gasteiger charge is -2.46. The Kier molecular flexibility index (Phi) is 3.96. The van der Waals surface area contributed by atoms with E-state index in [0.717, 1.165) is 32.5 Å². The molecule has 1 atom stereocenters. The van der Waals surface area contributed by atoms with E-state index in [9.17, 15) is 4.79 Å². The van der Waals surface area contributed by atoms with Gasteiger partial charge >= 0.3 is 0 Å². The minimum Gasteiger partial charge on any atom is -0.339 e. The molecule has 128 valence electrons. The van der Waals surface area contributed by atoms with Crippen molar-refractivity contribution in [3.8, 4) is 0 Å². The highest BCUT2D eigenvalue weighted by molar-refractivity contribution is 7.07. The first-order valence-electron chi connectivity index (χ1n) is 8.57. The van der Waals surface area contributed by atoms with Crippen LogP contribution in [0.25, 0.3) is 0 Å². The van der Waals surface area contributed by atoms with Crippen LogP contribution in [-0.4, -0.2) is 51.2 Å². The van der Waals surface area contributed by atoms with Crippen LogP contribution in [0.4, 0.5) is 0 Å². The first-order chi connectivity index (χ1) is 11.6. The zero-order valence-electron chi connectivity index (χ0n) is 14.3. The van der Waals surface area contributed by atoms with Crippen LogP contribution in [0.1, 0.15) is 36.3 Å². The second-order valence-electron chi connectivity index (χ2n) is 7.17. The summed E-state index contributed by atoms with van der Waals surface area (Å²) in [5.74, 6) is 0.544. The monoisotopic (exact) mass is 344 g/mol. The predicted octanol–water partition coefficient (Wildman–Crippen LogP) is 2.46. The van der Waals surface area contributed by atoms with E-state index in [2.05, 4.69) is 33.0 Å². The standard InChI is InChI=1S/C18H24N4OS/c1-20-12-15(10-19-20)16-9-17(23)21(2)18(16)4-6-22(7-5-18)11-14-3-8-24-13-14/h3,8,10,12-13,16H,4-7,9,11H2,1-2H3/t16-/m1/s1. The average molecular weight is 344 g/mol. The third-order valence-electron chi connectivity index (χ3n) is 5.90. The summed E-state index contributed by atoms with van der Waals surface area (Å²) < 4.78 is 1.84. The van der Waals surface area contributed by atoms with Gasteiger partial charge in [-0.05, 0) is 40.8 Å².